The minimum Gasteiger partial charge on any atom is -0.354 e. The second kappa shape index (κ2) is 13.2. The van der Waals surface area contributed by atoms with Crippen molar-refractivity contribution in [3.8, 4) is 0 Å². The molecule has 0 heterocycles. The first-order valence-electron chi connectivity index (χ1n) is 12.6. The van der Waals surface area contributed by atoms with Gasteiger partial charge in [-0.25, -0.2) is 12.8 Å². The highest BCUT2D eigenvalue weighted by molar-refractivity contribution is 7.92. The van der Waals surface area contributed by atoms with Crippen molar-refractivity contribution >= 4 is 27.5 Å². The Bertz CT molecular complexity index is 1310. The van der Waals surface area contributed by atoms with Gasteiger partial charge < -0.3 is 10.2 Å². The van der Waals surface area contributed by atoms with Crippen molar-refractivity contribution in [3.05, 3.63) is 95.8 Å². The standard InChI is InChI=1S/C29H34FN3O4S/c1-4-19-31-29(35)27(5-2)32(20-23-9-7-6-8-10-23)28(34)21-33(25-15-11-22(3)12-16-25)38(36,37)26-17-13-24(30)14-18-26/h6-18,27H,4-5,19-21H2,1-3H3,(H,31,35)/t27-/m0/s1. The van der Waals surface area contributed by atoms with E-state index in [1.54, 1.807) is 24.3 Å². The van der Waals surface area contributed by atoms with Crippen LogP contribution in [0.15, 0.2) is 83.8 Å². The van der Waals surface area contributed by atoms with Crippen LogP contribution >= 0.6 is 0 Å². The van der Waals surface area contributed by atoms with Crippen LogP contribution in [0, 0.1) is 12.7 Å². The molecule has 0 radical (unpaired) electrons. The molecular weight excluding hydrogens is 505 g/mol. The third-order valence-corrected chi connectivity index (χ3v) is 7.92. The smallest absolute Gasteiger partial charge is 0.264 e. The molecule has 1 atom stereocenters. The van der Waals surface area contributed by atoms with Gasteiger partial charge in [-0.05, 0) is 61.7 Å². The molecule has 1 N–H and O–H groups in total. The number of halogens is 1. The van der Waals surface area contributed by atoms with E-state index in [1.807, 2.05) is 51.1 Å². The number of nitrogens with one attached hydrogen (secondary N) is 1. The quantitative estimate of drug-likeness (QED) is 0.363. The lowest BCUT2D eigenvalue weighted by molar-refractivity contribution is -0.140. The number of nitrogens with zero attached hydrogens (tertiary/aromatic N) is 2. The largest absolute Gasteiger partial charge is 0.354 e. The maximum absolute atomic E-state index is 13.9. The van der Waals surface area contributed by atoms with E-state index in [4.69, 9.17) is 0 Å². The summed E-state index contributed by atoms with van der Waals surface area (Å²) < 4.78 is 42.0. The molecule has 9 heteroatoms. The zero-order valence-electron chi connectivity index (χ0n) is 21.9. The molecule has 0 unspecified atom stereocenters. The Morgan fingerprint density at radius 2 is 1.55 bits per heavy atom. The van der Waals surface area contributed by atoms with Crippen LogP contribution in [0.1, 0.15) is 37.8 Å². The SMILES string of the molecule is CCCNC(=O)[C@H](CC)N(Cc1ccccc1)C(=O)CN(c1ccc(C)cc1)S(=O)(=O)c1ccc(F)cc1. The molecule has 0 saturated heterocycles. The van der Waals surface area contributed by atoms with Gasteiger partial charge in [0.25, 0.3) is 10.0 Å². The van der Waals surface area contributed by atoms with Crippen molar-refractivity contribution in [2.45, 2.75) is 51.1 Å². The molecule has 7 nitrogen and oxygen atoms in total. The summed E-state index contributed by atoms with van der Waals surface area (Å²) in [6, 6.07) is 19.7. The van der Waals surface area contributed by atoms with Gasteiger partial charge >= 0.3 is 0 Å². The Morgan fingerprint density at radius 1 is 0.921 bits per heavy atom. The summed E-state index contributed by atoms with van der Waals surface area (Å²) in [6.07, 6.45) is 1.09. The number of amides is 2. The first-order chi connectivity index (χ1) is 18.2. The summed E-state index contributed by atoms with van der Waals surface area (Å²) >= 11 is 0. The number of hydrogen-bond acceptors (Lipinski definition) is 4. The van der Waals surface area contributed by atoms with Crippen molar-refractivity contribution < 1.29 is 22.4 Å². The van der Waals surface area contributed by atoms with E-state index in [2.05, 4.69) is 5.32 Å². The molecule has 38 heavy (non-hydrogen) atoms. The van der Waals surface area contributed by atoms with Crippen molar-refractivity contribution in [2.75, 3.05) is 17.4 Å². The Balaban J connectivity index is 2.03. The van der Waals surface area contributed by atoms with Crippen LogP contribution in [0.5, 0.6) is 0 Å². The fraction of sp³-hybridized carbons (Fsp3) is 0.310. The zero-order chi connectivity index (χ0) is 27.7. The van der Waals surface area contributed by atoms with Crippen LogP contribution in [0.25, 0.3) is 0 Å². The maximum atomic E-state index is 13.9. The fourth-order valence-electron chi connectivity index (χ4n) is 4.04. The Kier molecular flexibility index (Phi) is 10.0. The molecule has 0 aromatic heterocycles. The Labute approximate surface area is 224 Å². The third kappa shape index (κ3) is 7.19. The number of benzene rings is 3. The van der Waals surface area contributed by atoms with Crippen LogP contribution in [-0.4, -0.2) is 44.3 Å². The summed E-state index contributed by atoms with van der Waals surface area (Å²) in [4.78, 5) is 28.2. The number of carbonyl (C=O) groups is 2. The molecule has 0 fully saturated rings. The molecule has 0 bridgehead atoms. The van der Waals surface area contributed by atoms with Gasteiger partial charge in [0.05, 0.1) is 10.6 Å². The molecule has 3 aromatic rings. The normalized spacial score (nSPS) is 12.0. The number of sulfonamides is 1. The number of anilines is 1. The van der Waals surface area contributed by atoms with Gasteiger partial charge in [-0.2, -0.15) is 0 Å². The van der Waals surface area contributed by atoms with E-state index < -0.39 is 34.3 Å². The second-order valence-electron chi connectivity index (χ2n) is 9.02. The average Bonchev–Trinajstić information content (AvgIpc) is 2.91. The van der Waals surface area contributed by atoms with E-state index in [0.717, 1.165) is 34.0 Å². The Hall–Kier alpha value is -3.72. The molecule has 0 saturated carbocycles. The van der Waals surface area contributed by atoms with Gasteiger partial charge in [-0.1, -0.05) is 61.9 Å². The minimum atomic E-state index is -4.23. The lowest BCUT2D eigenvalue weighted by Gasteiger charge is -2.33. The van der Waals surface area contributed by atoms with Crippen molar-refractivity contribution in [1.29, 1.82) is 0 Å². The topological polar surface area (TPSA) is 86.8 Å². The summed E-state index contributed by atoms with van der Waals surface area (Å²) in [6.45, 7) is 5.69. The minimum absolute atomic E-state index is 0.135. The van der Waals surface area contributed by atoms with Crippen molar-refractivity contribution in [2.24, 2.45) is 0 Å². The molecule has 2 amide bonds. The molecule has 0 aliphatic rings. The van der Waals surface area contributed by atoms with Crippen molar-refractivity contribution in [1.82, 2.24) is 10.2 Å². The van der Waals surface area contributed by atoms with Gasteiger partial charge in [0.15, 0.2) is 0 Å². The highest BCUT2D eigenvalue weighted by Gasteiger charge is 2.33. The van der Waals surface area contributed by atoms with E-state index in [1.165, 1.54) is 17.0 Å². The van der Waals surface area contributed by atoms with E-state index in [0.29, 0.717) is 13.0 Å². The predicted molar refractivity (Wildman–Crippen MR) is 146 cm³/mol. The number of aryl methyl sites for hydroxylation is 1. The van der Waals surface area contributed by atoms with E-state index >= 15 is 0 Å². The van der Waals surface area contributed by atoms with Crippen LogP contribution in [-0.2, 0) is 26.2 Å². The van der Waals surface area contributed by atoms with Crippen LogP contribution < -0.4 is 9.62 Å². The monoisotopic (exact) mass is 539 g/mol. The number of carbonyl (C=O) groups excluding carboxylic acids is 2. The highest BCUT2D eigenvalue weighted by Crippen LogP contribution is 2.25. The van der Waals surface area contributed by atoms with Gasteiger partial charge in [-0.3, -0.25) is 13.9 Å². The molecular formula is C29H34FN3O4S. The van der Waals surface area contributed by atoms with Crippen LogP contribution in [0.4, 0.5) is 10.1 Å². The molecule has 0 aliphatic carbocycles. The molecule has 0 spiro atoms. The Morgan fingerprint density at radius 3 is 2.13 bits per heavy atom. The first-order valence-corrected chi connectivity index (χ1v) is 14.1. The van der Waals surface area contributed by atoms with Gasteiger partial charge in [0.1, 0.15) is 18.4 Å². The predicted octanol–water partition coefficient (Wildman–Crippen LogP) is 4.66. The first kappa shape index (κ1) is 28.8. The van der Waals surface area contributed by atoms with Gasteiger partial charge in [-0.15, -0.1) is 0 Å². The fourth-order valence-corrected chi connectivity index (χ4v) is 5.45. The third-order valence-electron chi connectivity index (χ3n) is 6.13. The summed E-state index contributed by atoms with van der Waals surface area (Å²) in [5.74, 6) is -1.39. The van der Waals surface area contributed by atoms with Gasteiger partial charge in [0.2, 0.25) is 11.8 Å². The molecule has 3 rings (SSSR count). The second-order valence-corrected chi connectivity index (χ2v) is 10.9. The lowest BCUT2D eigenvalue weighted by Crippen LogP contribution is -2.52. The molecule has 3 aromatic carbocycles. The summed E-state index contributed by atoms with van der Waals surface area (Å²) in [7, 11) is -4.23. The summed E-state index contributed by atoms with van der Waals surface area (Å²) in [5, 5.41) is 2.86. The van der Waals surface area contributed by atoms with E-state index in [-0.39, 0.29) is 23.0 Å². The lowest BCUT2D eigenvalue weighted by atomic mass is 10.1. The van der Waals surface area contributed by atoms with Crippen LogP contribution in [0.2, 0.25) is 0 Å². The highest BCUT2D eigenvalue weighted by atomic mass is 32.2. The van der Waals surface area contributed by atoms with Crippen LogP contribution in [0.3, 0.4) is 0 Å². The number of hydrogen-bond donors (Lipinski definition) is 1. The zero-order valence-corrected chi connectivity index (χ0v) is 22.7. The van der Waals surface area contributed by atoms with E-state index in [9.17, 15) is 22.4 Å². The summed E-state index contributed by atoms with van der Waals surface area (Å²) in [5.41, 5.74) is 2.02. The average molecular weight is 540 g/mol. The number of rotatable bonds is 12. The maximum Gasteiger partial charge on any atom is 0.264 e. The molecule has 202 valence electrons. The van der Waals surface area contributed by atoms with Crippen molar-refractivity contribution in [3.63, 3.8) is 0 Å². The van der Waals surface area contributed by atoms with Gasteiger partial charge in [0, 0.05) is 13.1 Å². The molecule has 0 aliphatic heterocycles.